The molecule has 1 aromatic heterocycles. The molecule has 0 spiro atoms. The van der Waals surface area contributed by atoms with Crippen LogP contribution in [-0.2, 0) is 6.61 Å². The van der Waals surface area contributed by atoms with Gasteiger partial charge in [-0.05, 0) is 24.6 Å². The predicted octanol–water partition coefficient (Wildman–Crippen LogP) is 2.64. The summed E-state index contributed by atoms with van der Waals surface area (Å²) in [6, 6.07) is 9.20. The maximum Gasteiger partial charge on any atom is 0.166 e. The van der Waals surface area contributed by atoms with E-state index in [2.05, 4.69) is 15.1 Å². The van der Waals surface area contributed by atoms with Gasteiger partial charge in [-0.3, -0.25) is 0 Å². The maximum absolute atomic E-state index is 9.00. The van der Waals surface area contributed by atoms with Crippen molar-refractivity contribution in [1.29, 1.82) is 0 Å². The normalized spacial score (nSPS) is 11.3. The Labute approximate surface area is 111 Å². The largest absolute Gasteiger partial charge is 0.485 e. The van der Waals surface area contributed by atoms with Crippen LogP contribution in [0.4, 0.5) is 0 Å². The quantitative estimate of drug-likeness (QED) is 0.508. The molecule has 2 rings (SSSR count). The van der Waals surface area contributed by atoms with Gasteiger partial charge in [0.25, 0.3) is 0 Å². The highest BCUT2D eigenvalue weighted by Gasteiger charge is 2.09. The van der Waals surface area contributed by atoms with Gasteiger partial charge in [-0.15, -0.1) is 0 Å². The molecule has 5 heteroatoms. The van der Waals surface area contributed by atoms with E-state index in [4.69, 9.17) is 9.94 Å². The third-order valence-corrected chi connectivity index (χ3v) is 2.63. The first-order valence-electron chi connectivity index (χ1n) is 6.04. The van der Waals surface area contributed by atoms with Crippen LogP contribution in [0, 0.1) is 0 Å². The zero-order valence-corrected chi connectivity index (χ0v) is 10.7. The van der Waals surface area contributed by atoms with Gasteiger partial charge in [0.15, 0.2) is 5.82 Å². The Morgan fingerprint density at radius 2 is 1.95 bits per heavy atom. The monoisotopic (exact) mass is 257 g/mol. The second-order valence-corrected chi connectivity index (χ2v) is 3.85. The van der Waals surface area contributed by atoms with E-state index in [1.165, 1.54) is 0 Å². The number of rotatable bonds is 5. The van der Waals surface area contributed by atoms with Gasteiger partial charge in [-0.2, -0.15) is 0 Å². The summed E-state index contributed by atoms with van der Waals surface area (Å²) in [5.41, 5.74) is 1.37. The molecule has 0 unspecified atom stereocenters. The summed E-state index contributed by atoms with van der Waals surface area (Å²) >= 11 is 0. The van der Waals surface area contributed by atoms with Gasteiger partial charge in [0.1, 0.15) is 12.4 Å². The third-order valence-electron chi connectivity index (χ3n) is 2.63. The van der Waals surface area contributed by atoms with E-state index in [-0.39, 0.29) is 6.61 Å². The zero-order chi connectivity index (χ0) is 13.5. The molecule has 0 saturated heterocycles. The van der Waals surface area contributed by atoms with E-state index < -0.39 is 0 Å². The van der Waals surface area contributed by atoms with Gasteiger partial charge in [-0.1, -0.05) is 24.2 Å². The molecule has 0 amide bonds. The smallest absolute Gasteiger partial charge is 0.166 e. The summed E-state index contributed by atoms with van der Waals surface area (Å²) in [6.07, 6.45) is 3.97. The Hall–Kier alpha value is -2.43. The van der Waals surface area contributed by atoms with Crippen LogP contribution in [-0.4, -0.2) is 20.9 Å². The molecule has 1 heterocycles. The van der Waals surface area contributed by atoms with Crippen molar-refractivity contribution in [2.45, 2.75) is 20.0 Å². The minimum absolute atomic E-state index is 0.278. The number of aromatic nitrogens is 2. The van der Waals surface area contributed by atoms with Crippen LogP contribution in [0.1, 0.15) is 24.7 Å². The molecule has 0 aliphatic rings. The molecule has 0 aliphatic heterocycles. The lowest BCUT2D eigenvalue weighted by atomic mass is 10.1. The maximum atomic E-state index is 9.00. The average molecular weight is 257 g/mol. The van der Waals surface area contributed by atoms with Gasteiger partial charge < -0.3 is 9.94 Å². The van der Waals surface area contributed by atoms with E-state index in [1.807, 2.05) is 31.2 Å². The molecular weight excluding hydrogens is 242 g/mol. The van der Waals surface area contributed by atoms with Crippen molar-refractivity contribution in [1.82, 2.24) is 9.97 Å². The first-order valence-corrected chi connectivity index (χ1v) is 6.04. The highest BCUT2D eigenvalue weighted by molar-refractivity contribution is 6.02. The summed E-state index contributed by atoms with van der Waals surface area (Å²) < 4.78 is 5.69. The van der Waals surface area contributed by atoms with Crippen LogP contribution in [0.3, 0.4) is 0 Å². The first-order chi connectivity index (χ1) is 9.35. The van der Waals surface area contributed by atoms with Crippen molar-refractivity contribution in [3.63, 3.8) is 0 Å². The van der Waals surface area contributed by atoms with Crippen LogP contribution >= 0.6 is 0 Å². The molecule has 0 saturated carbocycles. The Balaban J connectivity index is 2.17. The highest BCUT2D eigenvalue weighted by atomic mass is 16.5. The number of para-hydroxylation sites is 1. The summed E-state index contributed by atoms with van der Waals surface area (Å²) in [4.78, 5) is 8.19. The van der Waals surface area contributed by atoms with Gasteiger partial charge >= 0.3 is 0 Å². The van der Waals surface area contributed by atoms with Crippen LogP contribution in [0.5, 0.6) is 5.75 Å². The van der Waals surface area contributed by atoms with Gasteiger partial charge in [-0.25, -0.2) is 9.97 Å². The lowest BCUT2D eigenvalue weighted by Crippen LogP contribution is -2.06. The topological polar surface area (TPSA) is 67.6 Å². The molecular formula is C14H15N3O2. The molecule has 19 heavy (non-hydrogen) atoms. The van der Waals surface area contributed by atoms with Crippen LogP contribution in [0.2, 0.25) is 0 Å². The summed E-state index contributed by atoms with van der Waals surface area (Å²) in [6.45, 7) is 2.20. The van der Waals surface area contributed by atoms with Crippen molar-refractivity contribution in [2.75, 3.05) is 0 Å². The Morgan fingerprint density at radius 3 is 2.63 bits per heavy atom. The fourth-order valence-electron chi connectivity index (χ4n) is 1.69. The lowest BCUT2D eigenvalue weighted by Gasteiger charge is -2.10. The molecule has 0 atom stereocenters. The first kappa shape index (κ1) is 13.0. The van der Waals surface area contributed by atoms with Crippen molar-refractivity contribution in [2.24, 2.45) is 5.16 Å². The lowest BCUT2D eigenvalue weighted by molar-refractivity contribution is 0.293. The second kappa shape index (κ2) is 6.49. The van der Waals surface area contributed by atoms with Gasteiger partial charge in [0.2, 0.25) is 0 Å². The SMILES string of the molecule is CCC(=NO)c1ccccc1OCc1ncccn1. The number of oxime groups is 1. The van der Waals surface area contributed by atoms with Gasteiger partial charge in [0.05, 0.1) is 5.71 Å². The minimum atomic E-state index is 0.278. The summed E-state index contributed by atoms with van der Waals surface area (Å²) in [5, 5.41) is 12.3. The Morgan fingerprint density at radius 1 is 1.21 bits per heavy atom. The second-order valence-electron chi connectivity index (χ2n) is 3.85. The standard InChI is InChI=1S/C14H15N3O2/c1-2-12(17-18)11-6-3-4-7-13(11)19-10-14-15-8-5-9-16-14/h3-9,18H,2,10H2,1H3. The number of benzene rings is 1. The summed E-state index contributed by atoms with van der Waals surface area (Å²) in [7, 11) is 0. The molecule has 98 valence electrons. The minimum Gasteiger partial charge on any atom is -0.485 e. The molecule has 1 N–H and O–H groups in total. The van der Waals surface area contributed by atoms with Gasteiger partial charge in [0, 0.05) is 18.0 Å². The molecule has 5 nitrogen and oxygen atoms in total. The van der Waals surface area contributed by atoms with Crippen molar-refractivity contribution in [3.05, 3.63) is 54.1 Å². The fourth-order valence-corrected chi connectivity index (χ4v) is 1.69. The molecule has 0 bridgehead atoms. The molecule has 0 radical (unpaired) electrons. The third kappa shape index (κ3) is 3.28. The zero-order valence-electron chi connectivity index (χ0n) is 10.7. The predicted molar refractivity (Wildman–Crippen MR) is 71.4 cm³/mol. The molecule has 1 aromatic carbocycles. The average Bonchev–Trinajstić information content (AvgIpc) is 2.48. The van der Waals surface area contributed by atoms with E-state index >= 15 is 0 Å². The van der Waals surface area contributed by atoms with Crippen LogP contribution < -0.4 is 4.74 Å². The highest BCUT2D eigenvalue weighted by Crippen LogP contribution is 2.20. The van der Waals surface area contributed by atoms with Crippen LogP contribution in [0.15, 0.2) is 47.9 Å². The van der Waals surface area contributed by atoms with Crippen molar-refractivity contribution in [3.8, 4) is 5.75 Å². The van der Waals surface area contributed by atoms with E-state index in [0.717, 1.165) is 5.56 Å². The number of hydrogen-bond donors (Lipinski definition) is 1. The van der Waals surface area contributed by atoms with Crippen LogP contribution in [0.25, 0.3) is 0 Å². The van der Waals surface area contributed by atoms with E-state index in [0.29, 0.717) is 23.7 Å². The van der Waals surface area contributed by atoms with Crippen molar-refractivity contribution < 1.29 is 9.94 Å². The molecule has 0 fully saturated rings. The Kier molecular flexibility index (Phi) is 4.44. The van der Waals surface area contributed by atoms with E-state index in [9.17, 15) is 0 Å². The molecule has 2 aromatic rings. The van der Waals surface area contributed by atoms with E-state index in [1.54, 1.807) is 18.5 Å². The van der Waals surface area contributed by atoms with Crippen molar-refractivity contribution >= 4 is 5.71 Å². The summed E-state index contributed by atoms with van der Waals surface area (Å²) in [5.74, 6) is 1.26. The molecule has 0 aliphatic carbocycles. The number of hydrogen-bond acceptors (Lipinski definition) is 5. The number of ether oxygens (including phenoxy) is 1. The fraction of sp³-hybridized carbons (Fsp3) is 0.214. The Bertz CT molecular complexity index is 556. The number of nitrogens with zero attached hydrogens (tertiary/aromatic N) is 3.